The van der Waals surface area contributed by atoms with Crippen molar-refractivity contribution in [3.63, 3.8) is 0 Å². The van der Waals surface area contributed by atoms with Gasteiger partial charge in [-0.3, -0.25) is 0 Å². The number of hydrogen-bond donors (Lipinski definition) is 0. The first-order chi connectivity index (χ1) is 9.05. The number of halogens is 1. The summed E-state index contributed by atoms with van der Waals surface area (Å²) >= 11 is 0. The Hall–Kier alpha value is -1.32. The van der Waals surface area contributed by atoms with Gasteiger partial charge in [0.05, 0.1) is 4.90 Å². The topological polar surface area (TPSA) is 34.1 Å². The second-order valence-corrected chi connectivity index (χ2v) is 6.99. The Bertz CT molecular complexity index is 636. The minimum absolute atomic E-state index is 0.173. The van der Waals surface area contributed by atoms with E-state index in [1.54, 1.807) is 12.1 Å². The van der Waals surface area contributed by atoms with Crippen molar-refractivity contribution in [1.82, 2.24) is 0 Å². The Balaban J connectivity index is 1.97. The molecule has 0 unspecified atom stereocenters. The van der Waals surface area contributed by atoms with Crippen molar-refractivity contribution in [2.75, 3.05) is 0 Å². The van der Waals surface area contributed by atoms with E-state index in [0.717, 1.165) is 24.8 Å². The number of benzene rings is 2. The van der Waals surface area contributed by atoms with Crippen LogP contribution >= 0.6 is 10.7 Å². The van der Waals surface area contributed by atoms with Crippen LogP contribution < -0.4 is 0 Å². The molecule has 0 radical (unpaired) electrons. The summed E-state index contributed by atoms with van der Waals surface area (Å²) in [5, 5.41) is 0. The van der Waals surface area contributed by atoms with E-state index in [2.05, 4.69) is 12.1 Å². The predicted octanol–water partition coefficient (Wildman–Crippen LogP) is 3.79. The Kier molecular flexibility index (Phi) is 4.61. The van der Waals surface area contributed by atoms with E-state index in [-0.39, 0.29) is 4.90 Å². The van der Waals surface area contributed by atoms with Crippen LogP contribution in [-0.2, 0) is 21.9 Å². The van der Waals surface area contributed by atoms with E-state index in [0.29, 0.717) is 0 Å². The summed E-state index contributed by atoms with van der Waals surface area (Å²) in [5.74, 6) is 0. The van der Waals surface area contributed by atoms with Gasteiger partial charge in [0, 0.05) is 10.7 Å². The predicted molar refractivity (Wildman–Crippen MR) is 77.9 cm³/mol. The molecule has 2 aromatic carbocycles. The van der Waals surface area contributed by atoms with Crippen LogP contribution in [0.25, 0.3) is 0 Å². The molecule has 2 nitrogen and oxygen atoms in total. The summed E-state index contributed by atoms with van der Waals surface area (Å²) in [5.41, 5.74) is 2.29. The van der Waals surface area contributed by atoms with Crippen molar-refractivity contribution in [2.45, 2.75) is 24.2 Å². The number of rotatable bonds is 5. The van der Waals surface area contributed by atoms with E-state index in [9.17, 15) is 8.42 Å². The second-order valence-electron chi connectivity index (χ2n) is 4.42. The molecule has 0 spiro atoms. The monoisotopic (exact) mass is 294 g/mol. The highest BCUT2D eigenvalue weighted by Crippen LogP contribution is 2.17. The highest BCUT2D eigenvalue weighted by Gasteiger charge is 2.09. The minimum atomic E-state index is -3.63. The summed E-state index contributed by atoms with van der Waals surface area (Å²) in [6.45, 7) is 0. The number of hydrogen-bond acceptors (Lipinski definition) is 2. The fourth-order valence-corrected chi connectivity index (χ4v) is 2.82. The minimum Gasteiger partial charge on any atom is -0.207 e. The molecule has 0 saturated heterocycles. The van der Waals surface area contributed by atoms with Crippen molar-refractivity contribution >= 4 is 19.7 Å². The van der Waals surface area contributed by atoms with Crippen molar-refractivity contribution in [3.05, 3.63) is 65.7 Å². The third kappa shape index (κ3) is 4.37. The van der Waals surface area contributed by atoms with Gasteiger partial charge in [0.2, 0.25) is 0 Å². The molecule has 0 heterocycles. The van der Waals surface area contributed by atoms with E-state index in [1.165, 1.54) is 11.6 Å². The fraction of sp³-hybridized carbons (Fsp3) is 0.200. The molecule has 0 amide bonds. The van der Waals surface area contributed by atoms with E-state index >= 15 is 0 Å². The van der Waals surface area contributed by atoms with Crippen LogP contribution in [0.1, 0.15) is 17.5 Å². The molecule has 0 atom stereocenters. The normalized spacial score (nSPS) is 11.4. The molecule has 0 aliphatic carbocycles. The van der Waals surface area contributed by atoms with Gasteiger partial charge in [-0.25, -0.2) is 8.42 Å². The molecule has 0 N–H and O–H groups in total. The third-order valence-electron chi connectivity index (χ3n) is 2.95. The Morgan fingerprint density at radius 2 is 1.47 bits per heavy atom. The lowest BCUT2D eigenvalue weighted by Gasteiger charge is -2.04. The SMILES string of the molecule is O=S(=O)(Cl)c1cccc(CCCc2ccccc2)c1. The molecule has 2 rings (SSSR count). The lowest BCUT2D eigenvalue weighted by molar-refractivity contribution is 0.609. The average molecular weight is 295 g/mol. The maximum atomic E-state index is 11.2. The fourth-order valence-electron chi connectivity index (χ4n) is 1.99. The molecule has 100 valence electrons. The van der Waals surface area contributed by atoms with Gasteiger partial charge in [-0.1, -0.05) is 42.5 Å². The molecular weight excluding hydrogens is 280 g/mol. The zero-order valence-electron chi connectivity index (χ0n) is 10.4. The van der Waals surface area contributed by atoms with Crippen molar-refractivity contribution in [1.29, 1.82) is 0 Å². The van der Waals surface area contributed by atoms with Crippen molar-refractivity contribution < 1.29 is 8.42 Å². The van der Waals surface area contributed by atoms with Crippen LogP contribution in [0.4, 0.5) is 0 Å². The van der Waals surface area contributed by atoms with Gasteiger partial charge < -0.3 is 0 Å². The van der Waals surface area contributed by atoms with Crippen LogP contribution in [0.5, 0.6) is 0 Å². The Morgan fingerprint density at radius 3 is 2.16 bits per heavy atom. The highest BCUT2D eigenvalue weighted by atomic mass is 35.7. The van der Waals surface area contributed by atoms with E-state index < -0.39 is 9.05 Å². The zero-order chi connectivity index (χ0) is 13.7. The molecule has 0 saturated carbocycles. The number of aryl methyl sites for hydroxylation is 2. The smallest absolute Gasteiger partial charge is 0.207 e. The van der Waals surface area contributed by atoms with Gasteiger partial charge in [0.15, 0.2) is 0 Å². The largest absolute Gasteiger partial charge is 0.261 e. The summed E-state index contributed by atoms with van der Waals surface area (Å²) in [4.78, 5) is 0.173. The third-order valence-corrected chi connectivity index (χ3v) is 4.31. The molecule has 0 aliphatic heterocycles. The van der Waals surface area contributed by atoms with Crippen LogP contribution in [0.3, 0.4) is 0 Å². The maximum Gasteiger partial charge on any atom is 0.261 e. The summed E-state index contributed by atoms with van der Waals surface area (Å²) in [6, 6.07) is 17.1. The lowest BCUT2D eigenvalue weighted by atomic mass is 10.0. The van der Waals surface area contributed by atoms with Gasteiger partial charge in [-0.05, 0) is 42.5 Å². The van der Waals surface area contributed by atoms with Gasteiger partial charge in [-0.2, -0.15) is 0 Å². The first-order valence-electron chi connectivity index (χ1n) is 6.13. The van der Waals surface area contributed by atoms with Gasteiger partial charge in [0.1, 0.15) is 0 Å². The first-order valence-corrected chi connectivity index (χ1v) is 8.44. The summed E-state index contributed by atoms with van der Waals surface area (Å²) in [7, 11) is 1.70. The molecule has 0 fully saturated rings. The summed E-state index contributed by atoms with van der Waals surface area (Å²) < 4.78 is 22.5. The maximum absolute atomic E-state index is 11.2. The lowest BCUT2D eigenvalue weighted by Crippen LogP contribution is -1.94. The second kappa shape index (κ2) is 6.22. The van der Waals surface area contributed by atoms with E-state index in [1.807, 2.05) is 24.3 Å². The molecule has 19 heavy (non-hydrogen) atoms. The van der Waals surface area contributed by atoms with Crippen LogP contribution in [-0.4, -0.2) is 8.42 Å². The Morgan fingerprint density at radius 1 is 0.842 bits per heavy atom. The molecule has 0 aliphatic rings. The molecule has 0 aromatic heterocycles. The summed E-state index contributed by atoms with van der Waals surface area (Å²) in [6.07, 6.45) is 2.81. The molecule has 4 heteroatoms. The van der Waals surface area contributed by atoms with Gasteiger partial charge >= 0.3 is 0 Å². The highest BCUT2D eigenvalue weighted by molar-refractivity contribution is 8.13. The first kappa shape index (κ1) is 14.1. The van der Waals surface area contributed by atoms with Crippen LogP contribution in [0.2, 0.25) is 0 Å². The average Bonchev–Trinajstić information content (AvgIpc) is 2.39. The Labute approximate surface area is 118 Å². The standard InChI is InChI=1S/C15H15ClO2S/c16-19(17,18)15-11-5-10-14(12-15)9-4-8-13-6-2-1-3-7-13/h1-3,5-7,10-12H,4,8-9H2. The van der Waals surface area contributed by atoms with Gasteiger partial charge in [0.25, 0.3) is 9.05 Å². The molecular formula is C15H15ClO2S. The molecule has 2 aromatic rings. The van der Waals surface area contributed by atoms with Gasteiger partial charge in [-0.15, -0.1) is 0 Å². The zero-order valence-corrected chi connectivity index (χ0v) is 12.0. The van der Waals surface area contributed by atoms with Crippen molar-refractivity contribution in [3.8, 4) is 0 Å². The van der Waals surface area contributed by atoms with E-state index in [4.69, 9.17) is 10.7 Å². The molecule has 0 bridgehead atoms. The van der Waals surface area contributed by atoms with Crippen molar-refractivity contribution in [2.24, 2.45) is 0 Å². The van der Waals surface area contributed by atoms with Crippen LogP contribution in [0, 0.1) is 0 Å². The quantitative estimate of drug-likeness (QED) is 0.786. The van der Waals surface area contributed by atoms with Crippen LogP contribution in [0.15, 0.2) is 59.5 Å².